The van der Waals surface area contributed by atoms with Gasteiger partial charge < -0.3 is 14.5 Å². The summed E-state index contributed by atoms with van der Waals surface area (Å²) in [6.07, 6.45) is 10.0. The molecule has 1 N–H and O–H groups in total. The average Bonchev–Trinajstić information content (AvgIpc) is 3.39. The molecule has 3 aliphatic heterocycles. The quantitative estimate of drug-likeness (QED) is 0.340. The maximum atomic E-state index is 14.1. The highest BCUT2D eigenvalue weighted by molar-refractivity contribution is 7.10. The fourth-order valence-corrected chi connectivity index (χ4v) is 7.94. The molecule has 0 radical (unpaired) electrons. The predicted octanol–water partition coefficient (Wildman–Crippen LogP) is 6.30. The van der Waals surface area contributed by atoms with Gasteiger partial charge in [0.1, 0.15) is 17.8 Å². The van der Waals surface area contributed by atoms with Crippen LogP contribution in [0.4, 0.5) is 10.1 Å². The van der Waals surface area contributed by atoms with Gasteiger partial charge in [0.05, 0.1) is 13.1 Å². The van der Waals surface area contributed by atoms with Crippen LogP contribution < -0.4 is 5.32 Å². The Labute approximate surface area is 224 Å². The van der Waals surface area contributed by atoms with E-state index in [0.29, 0.717) is 35.1 Å². The number of piperidine rings is 3. The predicted molar refractivity (Wildman–Crippen MR) is 145 cm³/mol. The Kier molecular flexibility index (Phi) is 8.01. The molecule has 3 saturated heterocycles. The normalized spacial score (nSPS) is 28.1. The van der Waals surface area contributed by atoms with Gasteiger partial charge in [0.25, 0.3) is 5.91 Å². The lowest BCUT2D eigenvalue weighted by atomic mass is 9.70. The second kappa shape index (κ2) is 11.2. The third kappa shape index (κ3) is 5.78. The van der Waals surface area contributed by atoms with Gasteiger partial charge in [-0.25, -0.2) is 4.39 Å². The maximum Gasteiger partial charge on any atom is 0.317 e. The van der Waals surface area contributed by atoms with Gasteiger partial charge in [0.15, 0.2) is 12.6 Å². The molecule has 7 heteroatoms. The van der Waals surface area contributed by atoms with Crippen LogP contribution in [0.2, 0.25) is 0 Å². The van der Waals surface area contributed by atoms with E-state index in [9.17, 15) is 14.0 Å². The molecule has 0 spiro atoms. The maximum absolute atomic E-state index is 14.1. The summed E-state index contributed by atoms with van der Waals surface area (Å²) in [4.78, 5) is 28.1. The van der Waals surface area contributed by atoms with Gasteiger partial charge in [-0.05, 0) is 55.3 Å². The van der Waals surface area contributed by atoms with E-state index in [1.807, 2.05) is 6.07 Å². The number of amides is 1. The van der Waals surface area contributed by atoms with E-state index in [1.54, 1.807) is 23.5 Å². The number of carbonyl (C=O) groups excluding carboxylic acids is 2. The Morgan fingerprint density at radius 3 is 2.46 bits per heavy atom. The number of benzene rings is 1. The molecular formula is C30H40FN2O3S+. The minimum absolute atomic E-state index is 0.0818. The average molecular weight is 528 g/mol. The van der Waals surface area contributed by atoms with Gasteiger partial charge in [-0.1, -0.05) is 44.2 Å². The number of fused-ring (bicyclic) bond motifs is 3. The van der Waals surface area contributed by atoms with Gasteiger partial charge in [0, 0.05) is 29.3 Å². The summed E-state index contributed by atoms with van der Waals surface area (Å²) >= 11 is 1.67. The Balaban J connectivity index is 1.29. The fraction of sp³-hybridized carbons (Fsp3) is 0.600. The second-order valence-corrected chi connectivity index (χ2v) is 12.6. The van der Waals surface area contributed by atoms with Gasteiger partial charge in [0.2, 0.25) is 0 Å². The van der Waals surface area contributed by atoms with E-state index >= 15 is 0 Å². The monoisotopic (exact) mass is 527 g/mol. The highest BCUT2D eigenvalue weighted by Crippen LogP contribution is 2.44. The minimum atomic E-state index is -0.628. The molecule has 1 aromatic heterocycles. The van der Waals surface area contributed by atoms with Crippen LogP contribution in [0, 0.1) is 17.7 Å². The summed E-state index contributed by atoms with van der Waals surface area (Å²) in [5, 5.41) is 4.92. The molecule has 4 heterocycles. The molecule has 4 aliphatic rings. The van der Waals surface area contributed by atoms with Crippen molar-refractivity contribution >= 4 is 28.9 Å². The molecule has 200 valence electrons. The lowest BCUT2D eigenvalue weighted by Crippen LogP contribution is -2.66. The number of ether oxygens (including phenoxy) is 1. The van der Waals surface area contributed by atoms with Crippen molar-refractivity contribution < 1.29 is 23.2 Å². The van der Waals surface area contributed by atoms with Crippen LogP contribution in [-0.2, 0) is 19.7 Å². The summed E-state index contributed by atoms with van der Waals surface area (Å²) < 4.78 is 20.7. The van der Waals surface area contributed by atoms with Crippen molar-refractivity contribution in [3.8, 4) is 0 Å². The third-order valence-electron chi connectivity index (χ3n) is 9.27. The molecule has 37 heavy (non-hydrogen) atoms. The van der Waals surface area contributed by atoms with Crippen LogP contribution in [0.25, 0.3) is 0 Å². The number of esters is 1. The fourth-order valence-electron chi connectivity index (χ4n) is 6.98. The van der Waals surface area contributed by atoms with Gasteiger partial charge >= 0.3 is 5.97 Å². The summed E-state index contributed by atoms with van der Waals surface area (Å²) in [6.45, 7) is 4.95. The van der Waals surface area contributed by atoms with Gasteiger partial charge in [-0.3, -0.25) is 9.59 Å². The van der Waals surface area contributed by atoms with E-state index in [0.717, 1.165) is 43.6 Å². The van der Waals surface area contributed by atoms with Crippen molar-refractivity contribution in [2.45, 2.75) is 76.2 Å². The molecule has 2 atom stereocenters. The van der Waals surface area contributed by atoms with Crippen LogP contribution in [0.15, 0.2) is 41.8 Å². The van der Waals surface area contributed by atoms with Crippen molar-refractivity contribution in [2.75, 3.05) is 31.5 Å². The lowest BCUT2D eigenvalue weighted by molar-refractivity contribution is -0.939. The van der Waals surface area contributed by atoms with Crippen molar-refractivity contribution in [3.05, 3.63) is 52.5 Å². The first-order chi connectivity index (χ1) is 17.9. The van der Waals surface area contributed by atoms with Crippen molar-refractivity contribution in [2.24, 2.45) is 11.8 Å². The van der Waals surface area contributed by atoms with Crippen LogP contribution in [-0.4, -0.2) is 48.6 Å². The molecule has 1 unspecified atom stereocenters. The topological polar surface area (TPSA) is 55.4 Å². The van der Waals surface area contributed by atoms with E-state index < -0.39 is 5.41 Å². The lowest BCUT2D eigenvalue weighted by Gasteiger charge is -2.52. The standard InChI is InChI=1S/C30H39FN2O3S/c1-30(27-13-8-18-37-27,23-9-5-3-2-4-6-10-23)29(35)36-26-20-33(16-14-22(26)15-17-33)21-28(34)32-25-12-7-11-24(31)19-25/h7-8,11-13,18-19,22-23,26H,2-6,9-10,14-17,20-21H2,1H3/p+1/t22?,26-,30?,33?/m0/s1. The smallest absolute Gasteiger partial charge is 0.317 e. The molecular weight excluding hydrogens is 487 g/mol. The van der Waals surface area contributed by atoms with Crippen molar-refractivity contribution in [3.63, 3.8) is 0 Å². The molecule has 2 bridgehead atoms. The molecule has 2 aromatic rings. The Morgan fingerprint density at radius 1 is 1.05 bits per heavy atom. The Hall–Kier alpha value is -2.25. The molecule has 1 aliphatic carbocycles. The summed E-state index contributed by atoms with van der Waals surface area (Å²) in [5.74, 6) is 0.0877. The number of thiophene rings is 1. The molecule has 4 fully saturated rings. The van der Waals surface area contributed by atoms with Crippen molar-refractivity contribution in [1.29, 1.82) is 0 Å². The summed E-state index contributed by atoms with van der Waals surface area (Å²) in [5.41, 5.74) is -0.152. The van der Waals surface area contributed by atoms with Crippen LogP contribution in [0.1, 0.15) is 69.6 Å². The zero-order valence-corrected chi connectivity index (χ0v) is 22.7. The first kappa shape index (κ1) is 26.4. The van der Waals surface area contributed by atoms with Crippen LogP contribution in [0.3, 0.4) is 0 Å². The number of hydrogen-bond donors (Lipinski definition) is 1. The summed E-state index contributed by atoms with van der Waals surface area (Å²) in [6, 6.07) is 10.2. The van der Waals surface area contributed by atoms with E-state index in [1.165, 1.54) is 44.2 Å². The molecule has 6 rings (SSSR count). The SMILES string of the molecule is CC(C(=O)O[C@H]1C[N+]2(CC(=O)Nc3cccc(F)c3)CCC1CC2)(c1cccs1)C1CCCCCCC1. The number of nitrogens with one attached hydrogen (secondary N) is 1. The highest BCUT2D eigenvalue weighted by Gasteiger charge is 2.51. The second-order valence-electron chi connectivity index (χ2n) is 11.7. The largest absolute Gasteiger partial charge is 0.455 e. The van der Waals surface area contributed by atoms with Gasteiger partial charge in [-0.15, -0.1) is 11.3 Å². The number of quaternary nitrogens is 1. The van der Waals surface area contributed by atoms with E-state index in [4.69, 9.17) is 4.74 Å². The van der Waals surface area contributed by atoms with E-state index in [2.05, 4.69) is 23.7 Å². The third-order valence-corrected chi connectivity index (χ3v) is 10.4. The number of anilines is 1. The van der Waals surface area contributed by atoms with E-state index in [-0.39, 0.29) is 23.8 Å². The van der Waals surface area contributed by atoms with Crippen molar-refractivity contribution in [1.82, 2.24) is 0 Å². The van der Waals surface area contributed by atoms with Crippen LogP contribution in [0.5, 0.6) is 0 Å². The first-order valence-corrected chi connectivity index (χ1v) is 14.9. The number of hydrogen-bond acceptors (Lipinski definition) is 4. The highest BCUT2D eigenvalue weighted by atomic mass is 32.1. The first-order valence-electron chi connectivity index (χ1n) is 14.0. The Bertz CT molecular complexity index is 1070. The molecule has 5 nitrogen and oxygen atoms in total. The molecule has 1 saturated carbocycles. The molecule has 1 aromatic carbocycles. The van der Waals surface area contributed by atoms with Crippen LogP contribution >= 0.6 is 11.3 Å². The number of nitrogens with zero attached hydrogens (tertiary/aromatic N) is 1. The zero-order valence-electron chi connectivity index (χ0n) is 21.9. The number of carbonyl (C=O) groups is 2. The van der Waals surface area contributed by atoms with Gasteiger partial charge in [-0.2, -0.15) is 0 Å². The minimum Gasteiger partial charge on any atom is -0.455 e. The number of halogens is 1. The Morgan fingerprint density at radius 2 is 1.78 bits per heavy atom. The molecule has 1 amide bonds. The number of rotatable bonds is 7. The summed E-state index contributed by atoms with van der Waals surface area (Å²) in [7, 11) is 0. The zero-order chi connectivity index (χ0) is 25.9.